The molecule has 0 atom stereocenters. The fourth-order valence-electron chi connectivity index (χ4n) is 1.04. The van der Waals surface area contributed by atoms with Gasteiger partial charge >= 0.3 is 6.18 Å². The molecular weight excluding hydrogens is 198 g/mol. The molecule has 0 aliphatic rings. The van der Waals surface area contributed by atoms with Crippen molar-refractivity contribution in [2.45, 2.75) is 12.7 Å². The van der Waals surface area contributed by atoms with Crippen molar-refractivity contribution in [3.8, 4) is 0 Å². The molecular formula is C9H5F4N. The lowest BCUT2D eigenvalue weighted by atomic mass is 10.1. The van der Waals surface area contributed by atoms with E-state index in [1.54, 1.807) is 0 Å². The second-order valence-corrected chi connectivity index (χ2v) is 2.62. The van der Waals surface area contributed by atoms with E-state index < -0.39 is 24.1 Å². The van der Waals surface area contributed by atoms with Crippen LogP contribution in [0.25, 0.3) is 4.85 Å². The zero-order valence-corrected chi connectivity index (χ0v) is 6.90. The Bertz CT molecular complexity index is 375. The van der Waals surface area contributed by atoms with Crippen molar-refractivity contribution < 1.29 is 17.6 Å². The zero-order chi connectivity index (χ0) is 10.8. The minimum absolute atomic E-state index is 0.200. The molecule has 1 aromatic rings. The number of alkyl halides is 3. The van der Waals surface area contributed by atoms with Crippen LogP contribution in [0.2, 0.25) is 0 Å². The molecule has 0 N–H and O–H groups in total. The van der Waals surface area contributed by atoms with E-state index in [1.807, 2.05) is 0 Å². The molecule has 0 spiro atoms. The van der Waals surface area contributed by atoms with Crippen LogP contribution in [0, 0.1) is 12.4 Å². The molecule has 74 valence electrons. The summed E-state index contributed by atoms with van der Waals surface area (Å²) in [4.78, 5) is 2.84. The van der Waals surface area contributed by atoms with Gasteiger partial charge in [-0.25, -0.2) is 11.0 Å². The van der Waals surface area contributed by atoms with Crippen molar-refractivity contribution in [2.24, 2.45) is 0 Å². The highest BCUT2D eigenvalue weighted by Gasteiger charge is 2.34. The maximum Gasteiger partial charge on any atom is 0.417 e. The number of rotatable bonds is 1. The van der Waals surface area contributed by atoms with Gasteiger partial charge in [-0.15, -0.1) is 0 Å². The Hall–Kier alpha value is -1.57. The Morgan fingerprint density at radius 3 is 2.43 bits per heavy atom. The summed E-state index contributed by atoms with van der Waals surface area (Å²) in [5, 5.41) is 0. The van der Waals surface area contributed by atoms with Gasteiger partial charge in [0.05, 0.1) is 5.56 Å². The van der Waals surface area contributed by atoms with Crippen molar-refractivity contribution in [1.29, 1.82) is 0 Å². The first-order valence-corrected chi connectivity index (χ1v) is 3.64. The Balaban J connectivity index is 3.24. The molecule has 14 heavy (non-hydrogen) atoms. The van der Waals surface area contributed by atoms with Crippen molar-refractivity contribution in [3.05, 3.63) is 46.6 Å². The summed E-state index contributed by atoms with van der Waals surface area (Å²) in [7, 11) is 0. The van der Waals surface area contributed by atoms with Crippen molar-refractivity contribution in [3.63, 3.8) is 0 Å². The van der Waals surface area contributed by atoms with Crippen LogP contribution in [0.15, 0.2) is 18.2 Å². The second kappa shape index (κ2) is 3.66. The summed E-state index contributed by atoms with van der Waals surface area (Å²) in [5.74, 6) is -0.953. The lowest BCUT2D eigenvalue weighted by Gasteiger charge is -2.09. The molecule has 0 unspecified atom stereocenters. The van der Waals surface area contributed by atoms with Gasteiger partial charge in [0.25, 0.3) is 0 Å². The Morgan fingerprint density at radius 1 is 1.29 bits per heavy atom. The van der Waals surface area contributed by atoms with Crippen LogP contribution >= 0.6 is 0 Å². The van der Waals surface area contributed by atoms with E-state index >= 15 is 0 Å². The summed E-state index contributed by atoms with van der Waals surface area (Å²) in [6, 6.07) is 2.30. The monoisotopic (exact) mass is 203 g/mol. The van der Waals surface area contributed by atoms with E-state index in [0.29, 0.717) is 6.07 Å². The highest BCUT2D eigenvalue weighted by Crippen LogP contribution is 2.32. The van der Waals surface area contributed by atoms with Crippen LogP contribution in [-0.4, -0.2) is 0 Å². The molecule has 0 aliphatic heterocycles. The minimum atomic E-state index is -4.61. The smallest absolute Gasteiger partial charge is 0.312 e. The Kier molecular flexibility index (Phi) is 2.75. The number of halogens is 4. The molecule has 0 saturated heterocycles. The minimum Gasteiger partial charge on any atom is -0.312 e. The maximum absolute atomic E-state index is 12.5. The summed E-state index contributed by atoms with van der Waals surface area (Å²) in [5.41, 5.74) is -1.28. The number of hydrogen-bond donors (Lipinski definition) is 0. The topological polar surface area (TPSA) is 4.36 Å². The molecule has 1 rings (SSSR count). The van der Waals surface area contributed by atoms with E-state index in [9.17, 15) is 17.6 Å². The van der Waals surface area contributed by atoms with E-state index in [1.165, 1.54) is 0 Å². The molecule has 0 fully saturated rings. The highest BCUT2D eigenvalue weighted by molar-refractivity contribution is 5.31. The highest BCUT2D eigenvalue weighted by atomic mass is 19.4. The Morgan fingerprint density at radius 2 is 1.93 bits per heavy atom. The lowest BCUT2D eigenvalue weighted by molar-refractivity contribution is -0.138. The fraction of sp³-hybridized carbons (Fsp3) is 0.222. The van der Waals surface area contributed by atoms with Gasteiger partial charge in [0.2, 0.25) is 6.54 Å². The van der Waals surface area contributed by atoms with Crippen molar-refractivity contribution in [1.82, 2.24) is 0 Å². The average molecular weight is 203 g/mol. The average Bonchev–Trinajstić information content (AvgIpc) is 2.07. The predicted molar refractivity (Wildman–Crippen MR) is 41.7 cm³/mol. The van der Waals surface area contributed by atoms with Crippen LogP contribution in [0.5, 0.6) is 0 Å². The maximum atomic E-state index is 12.5. The third-order valence-electron chi connectivity index (χ3n) is 1.63. The molecule has 1 aromatic carbocycles. The van der Waals surface area contributed by atoms with Crippen LogP contribution in [0.3, 0.4) is 0 Å². The number of hydrogen-bond acceptors (Lipinski definition) is 0. The standard InChI is InChI=1S/C9H5F4N/c1-14-5-6-2-3-7(10)4-8(6)9(11,12)13/h2-4H,5H2. The largest absolute Gasteiger partial charge is 0.417 e. The number of benzene rings is 1. The normalized spacial score (nSPS) is 11.1. The molecule has 0 heterocycles. The van der Waals surface area contributed by atoms with Crippen LogP contribution < -0.4 is 0 Å². The SMILES string of the molecule is [C-]#[N+]Cc1ccc(F)cc1C(F)(F)F. The van der Waals surface area contributed by atoms with Crippen LogP contribution in [0.4, 0.5) is 17.6 Å². The van der Waals surface area contributed by atoms with Gasteiger partial charge in [-0.2, -0.15) is 13.2 Å². The lowest BCUT2D eigenvalue weighted by Crippen LogP contribution is -2.09. The van der Waals surface area contributed by atoms with Crippen LogP contribution in [-0.2, 0) is 12.7 Å². The summed E-state index contributed by atoms with van der Waals surface area (Å²) in [6.07, 6.45) is -4.61. The first-order chi connectivity index (χ1) is 6.45. The molecule has 0 aromatic heterocycles. The fourth-order valence-corrected chi connectivity index (χ4v) is 1.04. The van der Waals surface area contributed by atoms with Crippen molar-refractivity contribution >= 4 is 0 Å². The summed E-state index contributed by atoms with van der Waals surface area (Å²) >= 11 is 0. The van der Waals surface area contributed by atoms with E-state index in [4.69, 9.17) is 6.57 Å². The van der Waals surface area contributed by atoms with Crippen molar-refractivity contribution in [2.75, 3.05) is 0 Å². The molecule has 0 aliphatic carbocycles. The predicted octanol–water partition coefficient (Wildman–Crippen LogP) is 3.26. The Labute approximate surface area is 77.8 Å². The molecule has 5 heteroatoms. The third kappa shape index (κ3) is 2.22. The number of nitrogens with zero attached hydrogens (tertiary/aromatic N) is 1. The van der Waals surface area contributed by atoms with Gasteiger partial charge in [-0.05, 0) is 18.2 Å². The first kappa shape index (κ1) is 10.5. The molecule has 0 radical (unpaired) electrons. The molecule has 1 nitrogen and oxygen atoms in total. The second-order valence-electron chi connectivity index (χ2n) is 2.62. The summed E-state index contributed by atoms with van der Waals surface area (Å²) < 4.78 is 49.4. The van der Waals surface area contributed by atoms with Gasteiger partial charge < -0.3 is 4.85 Å². The molecule has 0 saturated carbocycles. The zero-order valence-electron chi connectivity index (χ0n) is 6.90. The molecule has 0 bridgehead atoms. The van der Waals surface area contributed by atoms with E-state index in [0.717, 1.165) is 12.1 Å². The van der Waals surface area contributed by atoms with E-state index in [2.05, 4.69) is 4.85 Å². The van der Waals surface area contributed by atoms with Gasteiger partial charge in [0.1, 0.15) is 5.82 Å². The third-order valence-corrected chi connectivity index (χ3v) is 1.63. The van der Waals surface area contributed by atoms with Crippen LogP contribution in [0.1, 0.15) is 11.1 Å². The summed E-state index contributed by atoms with van der Waals surface area (Å²) in [6.45, 7) is 6.07. The van der Waals surface area contributed by atoms with Gasteiger partial charge in [0.15, 0.2) is 0 Å². The first-order valence-electron chi connectivity index (χ1n) is 3.64. The van der Waals surface area contributed by atoms with Gasteiger partial charge in [0, 0.05) is 5.56 Å². The quantitative estimate of drug-likeness (QED) is 0.487. The van der Waals surface area contributed by atoms with Gasteiger partial charge in [-0.3, -0.25) is 0 Å². The van der Waals surface area contributed by atoms with Gasteiger partial charge in [-0.1, -0.05) is 0 Å². The molecule has 0 amide bonds. The van der Waals surface area contributed by atoms with E-state index in [-0.39, 0.29) is 5.56 Å².